The quantitative estimate of drug-likeness (QED) is 0.726. The summed E-state index contributed by atoms with van der Waals surface area (Å²) >= 11 is 0. The lowest BCUT2D eigenvalue weighted by Gasteiger charge is -2.01. The summed E-state index contributed by atoms with van der Waals surface area (Å²) in [5.41, 5.74) is 1.99. The van der Waals surface area contributed by atoms with Crippen molar-refractivity contribution in [2.24, 2.45) is 5.92 Å². The van der Waals surface area contributed by atoms with Crippen LogP contribution in [0.15, 0.2) is 30.4 Å². The first-order chi connectivity index (χ1) is 7.76. The molecule has 2 nitrogen and oxygen atoms in total. The van der Waals surface area contributed by atoms with Crippen LogP contribution in [0.2, 0.25) is 0 Å². The number of carbonyl (C=O) groups is 1. The average molecular weight is 216 g/mol. The fraction of sp³-hybridized carbons (Fsp3) is 0.357. The van der Waals surface area contributed by atoms with Gasteiger partial charge < -0.3 is 4.74 Å². The number of methoxy groups -OCH3 is 1. The van der Waals surface area contributed by atoms with E-state index in [9.17, 15) is 4.79 Å². The fourth-order valence-corrected chi connectivity index (χ4v) is 2.18. The maximum Gasteiger partial charge on any atom is 0.166 e. The second-order valence-electron chi connectivity index (χ2n) is 4.09. The largest absolute Gasteiger partial charge is 0.497 e. The summed E-state index contributed by atoms with van der Waals surface area (Å²) < 4.78 is 5.17. The summed E-state index contributed by atoms with van der Waals surface area (Å²) in [7, 11) is 1.65. The molecular weight excluding hydrogens is 200 g/mol. The van der Waals surface area contributed by atoms with Gasteiger partial charge in [0.15, 0.2) is 5.78 Å². The van der Waals surface area contributed by atoms with Crippen molar-refractivity contribution in [1.82, 2.24) is 0 Å². The molecule has 0 saturated heterocycles. The number of hydrogen-bond donors (Lipinski definition) is 0. The molecule has 0 unspecified atom stereocenters. The summed E-state index contributed by atoms with van der Waals surface area (Å²) in [5, 5.41) is 0. The van der Waals surface area contributed by atoms with Gasteiger partial charge in [0.1, 0.15) is 5.75 Å². The van der Waals surface area contributed by atoms with Crippen molar-refractivity contribution in [3.05, 3.63) is 41.5 Å². The van der Waals surface area contributed by atoms with Crippen LogP contribution in [0, 0.1) is 5.92 Å². The molecule has 1 aromatic rings. The van der Waals surface area contributed by atoms with Gasteiger partial charge in [-0.1, -0.05) is 12.2 Å². The van der Waals surface area contributed by atoms with Crippen molar-refractivity contribution in [2.45, 2.75) is 19.8 Å². The summed E-state index contributed by atoms with van der Waals surface area (Å²) in [5.74, 6) is 1.23. The number of ether oxygens (including phenoxy) is 1. The Hall–Kier alpha value is -1.57. The van der Waals surface area contributed by atoms with E-state index in [1.165, 1.54) is 0 Å². The molecule has 0 bridgehead atoms. The third kappa shape index (κ3) is 1.87. The van der Waals surface area contributed by atoms with E-state index in [0.717, 1.165) is 29.7 Å². The first-order valence-electron chi connectivity index (χ1n) is 5.58. The van der Waals surface area contributed by atoms with Crippen molar-refractivity contribution in [1.29, 1.82) is 0 Å². The van der Waals surface area contributed by atoms with Crippen molar-refractivity contribution in [3.63, 3.8) is 0 Å². The van der Waals surface area contributed by atoms with Crippen LogP contribution in [0.1, 0.15) is 29.3 Å². The van der Waals surface area contributed by atoms with Gasteiger partial charge in [0.2, 0.25) is 0 Å². The minimum atomic E-state index is 0.123. The average Bonchev–Trinajstić information content (AvgIpc) is 2.63. The molecule has 0 amide bonds. The minimum Gasteiger partial charge on any atom is -0.497 e. The van der Waals surface area contributed by atoms with Gasteiger partial charge in [0.25, 0.3) is 0 Å². The van der Waals surface area contributed by atoms with E-state index in [-0.39, 0.29) is 11.7 Å². The molecule has 0 fully saturated rings. The second kappa shape index (κ2) is 4.52. The number of carbonyl (C=O) groups excluding carboxylic acids is 1. The molecule has 1 aliphatic carbocycles. The highest BCUT2D eigenvalue weighted by atomic mass is 16.5. The predicted molar refractivity (Wildman–Crippen MR) is 63.9 cm³/mol. The van der Waals surface area contributed by atoms with E-state index in [4.69, 9.17) is 4.74 Å². The van der Waals surface area contributed by atoms with Crippen LogP contribution in [-0.4, -0.2) is 12.9 Å². The zero-order chi connectivity index (χ0) is 11.5. The van der Waals surface area contributed by atoms with Crippen LogP contribution in [0.25, 0.3) is 0 Å². The van der Waals surface area contributed by atoms with Crippen molar-refractivity contribution in [2.75, 3.05) is 7.11 Å². The molecule has 0 aromatic heterocycles. The fourth-order valence-electron chi connectivity index (χ4n) is 2.18. The number of rotatable bonds is 3. The smallest absolute Gasteiger partial charge is 0.166 e. The maximum absolute atomic E-state index is 12.0. The van der Waals surface area contributed by atoms with Crippen molar-refractivity contribution < 1.29 is 9.53 Å². The van der Waals surface area contributed by atoms with Gasteiger partial charge in [-0.3, -0.25) is 4.79 Å². The molecule has 2 rings (SSSR count). The van der Waals surface area contributed by atoms with Gasteiger partial charge in [0, 0.05) is 11.5 Å². The van der Waals surface area contributed by atoms with E-state index in [2.05, 4.69) is 6.08 Å². The molecule has 0 heterocycles. The van der Waals surface area contributed by atoms with Crippen LogP contribution in [0.4, 0.5) is 0 Å². The van der Waals surface area contributed by atoms with E-state index in [1.807, 2.05) is 31.2 Å². The molecule has 0 N–H and O–H groups in total. The van der Waals surface area contributed by atoms with E-state index < -0.39 is 0 Å². The highest BCUT2D eigenvalue weighted by Crippen LogP contribution is 2.31. The Morgan fingerprint density at radius 3 is 3.00 bits per heavy atom. The lowest BCUT2D eigenvalue weighted by molar-refractivity contribution is 0.0938. The molecule has 0 saturated carbocycles. The van der Waals surface area contributed by atoms with Gasteiger partial charge in [-0.15, -0.1) is 0 Å². The highest BCUT2D eigenvalue weighted by Gasteiger charge is 2.29. The molecule has 1 aliphatic rings. The number of Topliss-reactive ketones (excluding diaryl/α,β-unsaturated/α-hetero) is 1. The molecule has 1 aromatic carbocycles. The Morgan fingerprint density at radius 1 is 1.50 bits per heavy atom. The SMILES string of the molecule is CC=CC[C@H]1Cc2cc(OC)ccc2C1=O. The Kier molecular flexibility index (Phi) is 3.09. The minimum absolute atomic E-state index is 0.123. The topological polar surface area (TPSA) is 26.3 Å². The molecule has 16 heavy (non-hydrogen) atoms. The molecular formula is C14H16O2. The third-order valence-corrected chi connectivity index (χ3v) is 3.07. The normalized spacial score (nSPS) is 19.1. The van der Waals surface area contributed by atoms with Gasteiger partial charge in [0.05, 0.1) is 7.11 Å². The monoisotopic (exact) mass is 216 g/mol. The first kappa shape index (κ1) is 10.9. The summed E-state index contributed by atoms with van der Waals surface area (Å²) in [6.45, 7) is 1.98. The Morgan fingerprint density at radius 2 is 2.31 bits per heavy atom. The van der Waals surface area contributed by atoms with Gasteiger partial charge >= 0.3 is 0 Å². The zero-order valence-electron chi connectivity index (χ0n) is 9.69. The Balaban J connectivity index is 2.23. The van der Waals surface area contributed by atoms with E-state index in [0.29, 0.717) is 0 Å². The summed E-state index contributed by atoms with van der Waals surface area (Å²) in [4.78, 5) is 12.0. The zero-order valence-corrected chi connectivity index (χ0v) is 9.69. The standard InChI is InChI=1S/C14H16O2/c1-3-4-5-10-8-11-9-12(16-2)6-7-13(11)14(10)15/h3-4,6-7,9-10H,5,8H2,1-2H3/t10-/m0/s1. The second-order valence-corrected chi connectivity index (χ2v) is 4.09. The number of ketones is 1. The lowest BCUT2D eigenvalue weighted by atomic mass is 10.0. The maximum atomic E-state index is 12.0. The molecule has 2 heteroatoms. The number of allylic oxidation sites excluding steroid dienone is 2. The third-order valence-electron chi connectivity index (χ3n) is 3.07. The molecule has 1 atom stereocenters. The Bertz CT molecular complexity index is 432. The van der Waals surface area contributed by atoms with Crippen LogP contribution in [0.3, 0.4) is 0 Å². The van der Waals surface area contributed by atoms with E-state index in [1.54, 1.807) is 7.11 Å². The van der Waals surface area contributed by atoms with Crippen molar-refractivity contribution in [3.8, 4) is 5.75 Å². The highest BCUT2D eigenvalue weighted by molar-refractivity contribution is 6.02. The van der Waals surface area contributed by atoms with Crippen LogP contribution < -0.4 is 4.74 Å². The molecule has 0 aliphatic heterocycles. The van der Waals surface area contributed by atoms with Crippen LogP contribution in [-0.2, 0) is 6.42 Å². The Labute approximate surface area is 95.9 Å². The molecule has 0 spiro atoms. The predicted octanol–water partition coefficient (Wildman–Crippen LogP) is 3.02. The molecule has 84 valence electrons. The first-order valence-corrected chi connectivity index (χ1v) is 5.58. The van der Waals surface area contributed by atoms with Gasteiger partial charge in [-0.2, -0.15) is 0 Å². The van der Waals surface area contributed by atoms with Crippen LogP contribution >= 0.6 is 0 Å². The molecule has 0 radical (unpaired) electrons. The van der Waals surface area contributed by atoms with Gasteiger partial charge in [-0.05, 0) is 43.5 Å². The van der Waals surface area contributed by atoms with Crippen molar-refractivity contribution >= 4 is 5.78 Å². The number of benzene rings is 1. The number of hydrogen-bond acceptors (Lipinski definition) is 2. The summed E-state index contributed by atoms with van der Waals surface area (Å²) in [6.07, 6.45) is 5.74. The van der Waals surface area contributed by atoms with E-state index >= 15 is 0 Å². The summed E-state index contributed by atoms with van der Waals surface area (Å²) in [6, 6.07) is 5.71. The number of fused-ring (bicyclic) bond motifs is 1. The lowest BCUT2D eigenvalue weighted by Crippen LogP contribution is -2.07. The van der Waals surface area contributed by atoms with Gasteiger partial charge in [-0.25, -0.2) is 0 Å². The van der Waals surface area contributed by atoms with Crippen LogP contribution in [0.5, 0.6) is 5.75 Å².